The topological polar surface area (TPSA) is 29.9 Å². The van der Waals surface area contributed by atoms with Crippen LogP contribution in [0, 0.1) is 6.92 Å². The summed E-state index contributed by atoms with van der Waals surface area (Å²) in [5, 5.41) is 4.00. The maximum absolute atomic E-state index is 5.97. The molecule has 0 radical (unpaired) electrons. The number of imidazole rings is 1. The third-order valence-electron chi connectivity index (χ3n) is 2.58. The number of aromatic nitrogens is 2. The van der Waals surface area contributed by atoms with E-state index >= 15 is 0 Å². The van der Waals surface area contributed by atoms with Gasteiger partial charge in [-0.3, -0.25) is 0 Å². The molecular formula is C13H15BrClN3. The average Bonchev–Trinajstić information content (AvgIpc) is 2.65. The van der Waals surface area contributed by atoms with Crippen LogP contribution in [0.25, 0.3) is 0 Å². The van der Waals surface area contributed by atoms with Gasteiger partial charge in [-0.1, -0.05) is 11.6 Å². The summed E-state index contributed by atoms with van der Waals surface area (Å²) in [6, 6.07) is 6.09. The minimum Gasteiger partial charge on any atom is -0.326 e. The summed E-state index contributed by atoms with van der Waals surface area (Å²) in [5.41, 5.74) is 1.96. The molecule has 0 unspecified atom stereocenters. The van der Waals surface area contributed by atoms with Crippen LogP contribution in [0.1, 0.15) is 25.6 Å². The van der Waals surface area contributed by atoms with Crippen molar-refractivity contribution in [3.05, 3.63) is 39.6 Å². The summed E-state index contributed by atoms with van der Waals surface area (Å²) in [4.78, 5) is 4.48. The van der Waals surface area contributed by atoms with E-state index in [1.54, 1.807) is 0 Å². The van der Waals surface area contributed by atoms with Crippen molar-refractivity contribution in [2.45, 2.75) is 26.8 Å². The van der Waals surface area contributed by atoms with Crippen molar-refractivity contribution in [3.8, 4) is 0 Å². The number of anilines is 2. The molecule has 1 aromatic carbocycles. The predicted molar refractivity (Wildman–Crippen MR) is 79.8 cm³/mol. The molecule has 0 spiro atoms. The molecule has 0 saturated heterocycles. The summed E-state index contributed by atoms with van der Waals surface area (Å²) in [5.74, 6) is 0.844. The smallest absolute Gasteiger partial charge is 0.207 e. The molecule has 1 heterocycles. The van der Waals surface area contributed by atoms with Gasteiger partial charge in [-0.25, -0.2) is 4.98 Å². The van der Waals surface area contributed by atoms with Crippen molar-refractivity contribution in [1.82, 2.24) is 9.55 Å². The molecule has 1 N–H and O–H groups in total. The fourth-order valence-electron chi connectivity index (χ4n) is 1.71. The van der Waals surface area contributed by atoms with Gasteiger partial charge in [0, 0.05) is 22.4 Å². The summed E-state index contributed by atoms with van der Waals surface area (Å²) in [6.45, 7) is 6.25. The van der Waals surface area contributed by atoms with Gasteiger partial charge in [-0.15, -0.1) is 0 Å². The Morgan fingerprint density at radius 3 is 2.72 bits per heavy atom. The standard InChI is InChI=1S/C13H15BrClN3/c1-8(2)18-7-9(3)16-13(18)17-10-4-5-12(15)11(14)6-10/h4-8H,1-3H3,(H,16,17). The molecule has 0 atom stereocenters. The zero-order valence-electron chi connectivity index (χ0n) is 10.5. The Hall–Kier alpha value is -1.00. The van der Waals surface area contributed by atoms with Crippen molar-refractivity contribution >= 4 is 39.2 Å². The van der Waals surface area contributed by atoms with Gasteiger partial charge >= 0.3 is 0 Å². The van der Waals surface area contributed by atoms with Gasteiger partial charge in [0.2, 0.25) is 5.95 Å². The molecule has 0 fully saturated rings. The Morgan fingerprint density at radius 1 is 1.39 bits per heavy atom. The molecule has 0 aliphatic carbocycles. The fourth-order valence-corrected chi connectivity index (χ4v) is 2.20. The maximum Gasteiger partial charge on any atom is 0.207 e. The number of nitrogens with zero attached hydrogens (tertiary/aromatic N) is 2. The minimum atomic E-state index is 0.365. The highest BCUT2D eigenvalue weighted by Crippen LogP contribution is 2.27. The number of benzene rings is 1. The van der Waals surface area contributed by atoms with Crippen LogP contribution in [0.3, 0.4) is 0 Å². The van der Waals surface area contributed by atoms with Gasteiger partial charge in [-0.2, -0.15) is 0 Å². The van der Waals surface area contributed by atoms with Crippen molar-refractivity contribution in [1.29, 1.82) is 0 Å². The molecule has 2 aromatic rings. The second-order valence-electron chi connectivity index (χ2n) is 4.46. The van der Waals surface area contributed by atoms with Gasteiger partial charge < -0.3 is 9.88 Å². The van der Waals surface area contributed by atoms with E-state index in [-0.39, 0.29) is 0 Å². The SMILES string of the molecule is Cc1cn(C(C)C)c(Nc2ccc(Cl)c(Br)c2)n1. The van der Waals surface area contributed by atoms with Crippen molar-refractivity contribution in [2.24, 2.45) is 0 Å². The highest BCUT2D eigenvalue weighted by atomic mass is 79.9. The molecule has 96 valence electrons. The first-order valence-corrected chi connectivity index (χ1v) is 6.92. The quantitative estimate of drug-likeness (QED) is 0.865. The zero-order chi connectivity index (χ0) is 13.3. The molecule has 1 aromatic heterocycles. The van der Waals surface area contributed by atoms with E-state index in [2.05, 4.69) is 44.6 Å². The monoisotopic (exact) mass is 327 g/mol. The highest BCUT2D eigenvalue weighted by molar-refractivity contribution is 9.10. The maximum atomic E-state index is 5.97. The Bertz CT molecular complexity index is 563. The number of hydrogen-bond acceptors (Lipinski definition) is 2. The van der Waals surface area contributed by atoms with E-state index in [1.807, 2.05) is 31.3 Å². The number of hydrogen-bond donors (Lipinski definition) is 1. The first-order valence-electron chi connectivity index (χ1n) is 5.75. The van der Waals surface area contributed by atoms with Crippen LogP contribution in [0.15, 0.2) is 28.9 Å². The third kappa shape index (κ3) is 2.87. The lowest BCUT2D eigenvalue weighted by Gasteiger charge is -2.13. The van der Waals surface area contributed by atoms with Gasteiger partial charge in [-0.05, 0) is 54.9 Å². The van der Waals surface area contributed by atoms with Crippen LogP contribution >= 0.6 is 27.5 Å². The van der Waals surface area contributed by atoms with E-state index in [0.717, 1.165) is 21.8 Å². The van der Waals surface area contributed by atoms with Gasteiger partial charge in [0.15, 0.2) is 0 Å². The molecule has 3 nitrogen and oxygen atoms in total. The second-order valence-corrected chi connectivity index (χ2v) is 5.72. The Morgan fingerprint density at radius 2 is 2.11 bits per heavy atom. The van der Waals surface area contributed by atoms with Crippen LogP contribution in [-0.4, -0.2) is 9.55 Å². The van der Waals surface area contributed by atoms with E-state index in [9.17, 15) is 0 Å². The van der Waals surface area contributed by atoms with Crippen LogP contribution in [0.4, 0.5) is 11.6 Å². The van der Waals surface area contributed by atoms with E-state index in [1.165, 1.54) is 0 Å². The average molecular weight is 329 g/mol. The summed E-state index contributed by atoms with van der Waals surface area (Å²) < 4.78 is 2.98. The minimum absolute atomic E-state index is 0.365. The molecule has 0 aliphatic heterocycles. The molecule has 0 bridgehead atoms. The lowest BCUT2D eigenvalue weighted by atomic mass is 10.3. The third-order valence-corrected chi connectivity index (χ3v) is 3.80. The Labute approximate surface area is 120 Å². The van der Waals surface area contributed by atoms with E-state index in [0.29, 0.717) is 11.1 Å². The van der Waals surface area contributed by atoms with Gasteiger partial charge in [0.1, 0.15) is 0 Å². The molecule has 0 amide bonds. The lowest BCUT2D eigenvalue weighted by Crippen LogP contribution is -2.05. The lowest BCUT2D eigenvalue weighted by molar-refractivity contribution is 0.607. The normalized spacial score (nSPS) is 11.0. The first-order chi connectivity index (χ1) is 8.47. The number of aryl methyl sites for hydroxylation is 1. The van der Waals surface area contributed by atoms with E-state index < -0.39 is 0 Å². The first kappa shape index (κ1) is 13.4. The zero-order valence-corrected chi connectivity index (χ0v) is 12.9. The van der Waals surface area contributed by atoms with Crippen LogP contribution in [-0.2, 0) is 0 Å². The highest BCUT2D eigenvalue weighted by Gasteiger charge is 2.09. The molecular weight excluding hydrogens is 314 g/mol. The summed E-state index contributed by atoms with van der Waals surface area (Å²) in [6.07, 6.45) is 2.04. The summed E-state index contributed by atoms with van der Waals surface area (Å²) in [7, 11) is 0. The van der Waals surface area contributed by atoms with Crippen molar-refractivity contribution in [2.75, 3.05) is 5.32 Å². The molecule has 0 saturated carbocycles. The number of nitrogens with one attached hydrogen (secondary N) is 1. The fraction of sp³-hybridized carbons (Fsp3) is 0.308. The van der Waals surface area contributed by atoms with Crippen LogP contribution in [0.2, 0.25) is 5.02 Å². The molecule has 5 heteroatoms. The van der Waals surface area contributed by atoms with Crippen LogP contribution in [0.5, 0.6) is 0 Å². The van der Waals surface area contributed by atoms with Gasteiger partial charge in [0.05, 0.1) is 10.7 Å². The number of halogens is 2. The molecule has 2 rings (SSSR count). The van der Waals surface area contributed by atoms with Crippen molar-refractivity contribution < 1.29 is 0 Å². The molecule has 0 aliphatic rings. The van der Waals surface area contributed by atoms with Gasteiger partial charge in [0.25, 0.3) is 0 Å². The largest absolute Gasteiger partial charge is 0.326 e. The molecule has 18 heavy (non-hydrogen) atoms. The van der Waals surface area contributed by atoms with E-state index in [4.69, 9.17) is 11.6 Å². The summed E-state index contributed by atoms with van der Waals surface area (Å²) >= 11 is 9.39. The number of rotatable bonds is 3. The van der Waals surface area contributed by atoms with Crippen molar-refractivity contribution in [3.63, 3.8) is 0 Å². The predicted octanol–water partition coefficient (Wildman–Crippen LogP) is 4.93. The Kier molecular flexibility index (Phi) is 3.97. The Balaban J connectivity index is 2.30. The second kappa shape index (κ2) is 5.33. The van der Waals surface area contributed by atoms with Crippen LogP contribution < -0.4 is 5.32 Å².